The maximum atomic E-state index is 14.0. The number of aromatic nitrogens is 1. The van der Waals surface area contributed by atoms with E-state index in [1.54, 1.807) is 0 Å². The lowest BCUT2D eigenvalue weighted by molar-refractivity contribution is 0.0742. The number of Topliss-reactive ketones (excluding diaryl/α,β-unsaturated/α-hetero) is 1. The fraction of sp³-hybridized carbons (Fsp3) is 0.318. The van der Waals surface area contributed by atoms with Crippen LogP contribution in [0.4, 0.5) is 4.39 Å². The molecule has 5 heteroatoms. The minimum absolute atomic E-state index is 0.0136. The van der Waals surface area contributed by atoms with Crippen LogP contribution in [-0.4, -0.2) is 30.5 Å². The van der Waals surface area contributed by atoms with Gasteiger partial charge in [-0.15, -0.1) is 0 Å². The van der Waals surface area contributed by atoms with Gasteiger partial charge >= 0.3 is 0 Å². The van der Waals surface area contributed by atoms with Crippen LogP contribution in [0.15, 0.2) is 36.4 Å². The Bertz CT molecular complexity index is 1020. The lowest BCUT2D eigenvalue weighted by atomic mass is 9.90. The first-order valence-corrected chi connectivity index (χ1v) is 9.47. The topological polar surface area (TPSA) is 54.1 Å². The third kappa shape index (κ3) is 2.87. The molecule has 0 unspecified atom stereocenters. The Balaban J connectivity index is 1.59. The van der Waals surface area contributed by atoms with Crippen molar-refractivity contribution in [2.75, 3.05) is 19.7 Å². The summed E-state index contributed by atoms with van der Waals surface area (Å²) in [6.07, 6.45) is 2.42. The van der Waals surface area contributed by atoms with E-state index < -0.39 is 5.82 Å². The molecule has 27 heavy (non-hydrogen) atoms. The second-order valence-corrected chi connectivity index (χ2v) is 7.44. The van der Waals surface area contributed by atoms with Gasteiger partial charge in [-0.2, -0.15) is 0 Å². The maximum Gasteiger partial charge on any atom is 0.189 e. The standard InChI is InChI=1S/C22H21FN2O2/c23-16-8-17-20(26)12-27-11-18-21(17)19(9-16)25-22(18)14-5-3-13(4-6-14)15-2-1-7-24-10-15/h3-6,8-9,15,24-25H,1-2,7,10-12H2/t15-/m1/s1. The van der Waals surface area contributed by atoms with Gasteiger partial charge in [0.25, 0.3) is 0 Å². The highest BCUT2D eigenvalue weighted by atomic mass is 19.1. The Labute approximate surface area is 156 Å². The zero-order valence-electron chi connectivity index (χ0n) is 15.0. The lowest BCUT2D eigenvalue weighted by Gasteiger charge is -2.23. The van der Waals surface area contributed by atoms with Gasteiger partial charge in [-0.1, -0.05) is 24.3 Å². The van der Waals surface area contributed by atoms with Gasteiger partial charge in [0, 0.05) is 28.6 Å². The molecule has 0 spiro atoms. The predicted octanol–water partition coefficient (Wildman–Crippen LogP) is 4.15. The first kappa shape index (κ1) is 16.7. The number of halogens is 1. The molecule has 2 aliphatic heterocycles. The van der Waals surface area contributed by atoms with Crippen molar-refractivity contribution in [3.8, 4) is 11.3 Å². The van der Waals surface area contributed by atoms with Gasteiger partial charge < -0.3 is 15.0 Å². The largest absolute Gasteiger partial charge is 0.369 e. The Morgan fingerprint density at radius 1 is 1.11 bits per heavy atom. The molecule has 1 atom stereocenters. The fourth-order valence-electron chi connectivity index (χ4n) is 4.36. The molecule has 1 aromatic heterocycles. The normalized spacial score (nSPS) is 20.0. The molecule has 138 valence electrons. The van der Waals surface area contributed by atoms with E-state index in [1.165, 1.54) is 30.5 Å². The summed E-state index contributed by atoms with van der Waals surface area (Å²) in [5.41, 5.74) is 5.25. The van der Waals surface area contributed by atoms with E-state index in [9.17, 15) is 9.18 Å². The number of hydrogen-bond acceptors (Lipinski definition) is 3. The summed E-state index contributed by atoms with van der Waals surface area (Å²) in [6.45, 7) is 2.45. The Morgan fingerprint density at radius 2 is 1.96 bits per heavy atom. The number of hydrogen-bond donors (Lipinski definition) is 2. The SMILES string of the molecule is O=C1COCc2c(-c3ccc([C@@H]4CCCNC4)cc3)[nH]c3cc(F)cc1c23. The number of carbonyl (C=O) groups excluding carboxylic acids is 1. The van der Waals surface area contributed by atoms with E-state index in [1.807, 2.05) is 0 Å². The molecule has 4 nitrogen and oxygen atoms in total. The molecule has 0 aliphatic carbocycles. The number of benzene rings is 2. The van der Waals surface area contributed by atoms with E-state index in [0.29, 0.717) is 23.6 Å². The highest BCUT2D eigenvalue weighted by Gasteiger charge is 2.24. The Hall–Kier alpha value is -2.50. The number of rotatable bonds is 2. The van der Waals surface area contributed by atoms with Crippen molar-refractivity contribution in [2.45, 2.75) is 25.4 Å². The van der Waals surface area contributed by atoms with Crippen molar-refractivity contribution in [2.24, 2.45) is 0 Å². The highest BCUT2D eigenvalue weighted by Crippen LogP contribution is 2.36. The van der Waals surface area contributed by atoms with Crippen LogP contribution >= 0.6 is 0 Å². The van der Waals surface area contributed by atoms with Gasteiger partial charge in [0.15, 0.2) is 5.78 Å². The second-order valence-electron chi connectivity index (χ2n) is 7.44. The van der Waals surface area contributed by atoms with E-state index >= 15 is 0 Å². The van der Waals surface area contributed by atoms with Crippen LogP contribution in [0.25, 0.3) is 22.2 Å². The van der Waals surface area contributed by atoms with E-state index in [0.717, 1.165) is 35.3 Å². The Kier molecular flexibility index (Phi) is 4.06. The highest BCUT2D eigenvalue weighted by molar-refractivity contribution is 6.11. The fourth-order valence-corrected chi connectivity index (χ4v) is 4.36. The van der Waals surface area contributed by atoms with E-state index in [2.05, 4.69) is 34.6 Å². The molecule has 0 saturated carbocycles. The van der Waals surface area contributed by atoms with Gasteiger partial charge in [0.1, 0.15) is 12.4 Å². The van der Waals surface area contributed by atoms with Gasteiger partial charge in [-0.05, 0) is 48.6 Å². The quantitative estimate of drug-likeness (QED) is 0.718. The third-order valence-electron chi connectivity index (χ3n) is 5.71. The van der Waals surface area contributed by atoms with Crippen LogP contribution in [0, 0.1) is 5.82 Å². The monoisotopic (exact) mass is 364 g/mol. The zero-order valence-corrected chi connectivity index (χ0v) is 15.0. The molecule has 2 N–H and O–H groups in total. The lowest BCUT2D eigenvalue weighted by Crippen LogP contribution is -2.28. The second kappa shape index (κ2) is 6.59. The van der Waals surface area contributed by atoms with Crippen molar-refractivity contribution in [3.63, 3.8) is 0 Å². The van der Waals surface area contributed by atoms with Crippen LogP contribution < -0.4 is 5.32 Å². The van der Waals surface area contributed by atoms with Crippen LogP contribution in [-0.2, 0) is 11.3 Å². The number of H-pyrrole nitrogens is 1. The van der Waals surface area contributed by atoms with Gasteiger partial charge in [0.2, 0.25) is 0 Å². The summed E-state index contributed by atoms with van der Waals surface area (Å²) in [7, 11) is 0. The first-order chi connectivity index (χ1) is 13.2. The van der Waals surface area contributed by atoms with Crippen LogP contribution in [0.2, 0.25) is 0 Å². The summed E-state index contributed by atoms with van der Waals surface area (Å²) in [5, 5.41) is 4.24. The first-order valence-electron chi connectivity index (χ1n) is 9.47. The van der Waals surface area contributed by atoms with E-state index in [4.69, 9.17) is 4.74 Å². The summed E-state index contributed by atoms with van der Waals surface area (Å²) < 4.78 is 19.6. The molecule has 1 saturated heterocycles. The number of ether oxygens (including phenoxy) is 1. The summed E-state index contributed by atoms with van der Waals surface area (Å²) >= 11 is 0. The maximum absolute atomic E-state index is 14.0. The zero-order chi connectivity index (χ0) is 18.4. The molecular weight excluding hydrogens is 343 g/mol. The van der Waals surface area contributed by atoms with Gasteiger partial charge in [-0.25, -0.2) is 4.39 Å². The number of nitrogens with one attached hydrogen (secondary N) is 2. The number of aromatic amines is 1. The van der Waals surface area contributed by atoms with E-state index in [-0.39, 0.29) is 12.4 Å². The van der Waals surface area contributed by atoms with Crippen LogP contribution in [0.1, 0.15) is 40.2 Å². The van der Waals surface area contributed by atoms with Gasteiger partial charge in [-0.3, -0.25) is 4.79 Å². The molecule has 5 rings (SSSR count). The predicted molar refractivity (Wildman–Crippen MR) is 103 cm³/mol. The van der Waals surface area contributed by atoms with Crippen LogP contribution in [0.5, 0.6) is 0 Å². The molecule has 2 aromatic carbocycles. The average molecular weight is 364 g/mol. The minimum Gasteiger partial charge on any atom is -0.369 e. The van der Waals surface area contributed by atoms with Gasteiger partial charge in [0.05, 0.1) is 12.3 Å². The Morgan fingerprint density at radius 3 is 2.74 bits per heavy atom. The smallest absolute Gasteiger partial charge is 0.189 e. The molecule has 2 aliphatic rings. The molecule has 3 heterocycles. The number of carbonyl (C=O) groups is 1. The third-order valence-corrected chi connectivity index (χ3v) is 5.71. The molecular formula is C22H21FN2O2. The summed E-state index contributed by atoms with van der Waals surface area (Å²) in [5.74, 6) is -0.0325. The van der Waals surface area contributed by atoms with Crippen LogP contribution in [0.3, 0.4) is 0 Å². The summed E-state index contributed by atoms with van der Waals surface area (Å²) in [6, 6.07) is 11.3. The van der Waals surface area contributed by atoms with Crippen molar-refractivity contribution in [1.29, 1.82) is 0 Å². The van der Waals surface area contributed by atoms with Crippen molar-refractivity contribution in [1.82, 2.24) is 10.3 Å². The van der Waals surface area contributed by atoms with Crippen molar-refractivity contribution in [3.05, 3.63) is 58.9 Å². The molecule has 0 radical (unpaired) electrons. The van der Waals surface area contributed by atoms with Crippen molar-refractivity contribution < 1.29 is 13.9 Å². The molecule has 1 fully saturated rings. The summed E-state index contributed by atoms with van der Waals surface area (Å²) in [4.78, 5) is 15.6. The molecule has 0 amide bonds. The number of ketones is 1. The average Bonchev–Trinajstić information content (AvgIpc) is 2.97. The number of piperidine rings is 1. The minimum atomic E-state index is -0.410. The molecule has 3 aromatic rings. The molecule has 0 bridgehead atoms. The van der Waals surface area contributed by atoms with Crippen molar-refractivity contribution >= 4 is 16.7 Å².